The summed E-state index contributed by atoms with van der Waals surface area (Å²) in [5.74, 6) is 0. The average molecular weight is 327 g/mol. The molecule has 5 heteroatoms. The van der Waals surface area contributed by atoms with E-state index < -0.39 is 0 Å². The molecule has 0 saturated heterocycles. The smallest absolute Gasteiger partial charge is 0.0737 e. The minimum atomic E-state index is 0.710. The van der Waals surface area contributed by atoms with Crippen LogP contribution in [0.4, 0.5) is 5.69 Å². The van der Waals surface area contributed by atoms with Crippen molar-refractivity contribution in [1.29, 1.82) is 0 Å². The number of hydrogen-bond acceptors (Lipinski definition) is 4. The quantitative estimate of drug-likeness (QED) is 0.647. The van der Waals surface area contributed by atoms with Gasteiger partial charge < -0.3 is 10.6 Å². The van der Waals surface area contributed by atoms with E-state index in [0.29, 0.717) is 5.02 Å². The van der Waals surface area contributed by atoms with Crippen LogP contribution in [0.15, 0.2) is 55.0 Å². The van der Waals surface area contributed by atoms with Gasteiger partial charge in [0.25, 0.3) is 0 Å². The number of anilines is 1. The Balaban J connectivity index is 1.46. The maximum atomic E-state index is 6.01. The fourth-order valence-electron chi connectivity index (χ4n) is 2.45. The summed E-state index contributed by atoms with van der Waals surface area (Å²) in [6, 6.07) is 11.8. The number of rotatable bonds is 7. The normalized spacial score (nSPS) is 10.8. The molecule has 0 saturated carbocycles. The van der Waals surface area contributed by atoms with Crippen molar-refractivity contribution in [2.24, 2.45) is 0 Å². The Morgan fingerprint density at radius 2 is 2.00 bits per heavy atom. The molecule has 0 unspecified atom stereocenters. The predicted molar refractivity (Wildman–Crippen MR) is 95.8 cm³/mol. The van der Waals surface area contributed by atoms with Crippen LogP contribution in [0, 0.1) is 0 Å². The molecule has 3 aromatic rings. The first-order valence-electron chi connectivity index (χ1n) is 7.71. The molecule has 23 heavy (non-hydrogen) atoms. The largest absolute Gasteiger partial charge is 0.384 e. The third kappa shape index (κ3) is 4.41. The van der Waals surface area contributed by atoms with Crippen molar-refractivity contribution >= 4 is 28.2 Å². The lowest BCUT2D eigenvalue weighted by molar-refractivity contribution is 0.662. The zero-order chi connectivity index (χ0) is 15.9. The lowest BCUT2D eigenvalue weighted by Gasteiger charge is -2.10. The number of nitrogens with one attached hydrogen (secondary N) is 2. The van der Waals surface area contributed by atoms with Crippen LogP contribution in [-0.2, 0) is 6.54 Å². The molecule has 118 valence electrons. The molecule has 0 aliphatic carbocycles. The molecule has 4 nitrogen and oxygen atoms in total. The summed E-state index contributed by atoms with van der Waals surface area (Å²) in [5, 5.41) is 8.70. The van der Waals surface area contributed by atoms with Crippen molar-refractivity contribution in [2.45, 2.75) is 13.0 Å². The van der Waals surface area contributed by atoms with Crippen LogP contribution in [-0.4, -0.2) is 23.1 Å². The van der Waals surface area contributed by atoms with Crippen molar-refractivity contribution in [2.75, 3.05) is 18.4 Å². The number of hydrogen-bond donors (Lipinski definition) is 2. The van der Waals surface area contributed by atoms with Gasteiger partial charge in [-0.3, -0.25) is 9.97 Å². The summed E-state index contributed by atoms with van der Waals surface area (Å²) in [6.07, 6.45) is 6.53. The molecule has 1 aromatic carbocycles. The van der Waals surface area contributed by atoms with Crippen molar-refractivity contribution in [3.05, 3.63) is 65.6 Å². The first-order chi connectivity index (χ1) is 11.3. The third-order valence-electron chi connectivity index (χ3n) is 3.60. The van der Waals surface area contributed by atoms with E-state index in [-0.39, 0.29) is 0 Å². The summed E-state index contributed by atoms with van der Waals surface area (Å²) in [5.41, 5.74) is 3.22. The Labute approximate surface area is 140 Å². The maximum absolute atomic E-state index is 6.01. The predicted octanol–water partition coefficient (Wildman–Crippen LogP) is 3.88. The summed E-state index contributed by atoms with van der Waals surface area (Å²) in [6.45, 7) is 2.71. The molecule has 0 radical (unpaired) electrons. The Kier molecular flexibility index (Phi) is 5.40. The molecule has 3 rings (SSSR count). The first kappa shape index (κ1) is 15.7. The van der Waals surface area contributed by atoms with Crippen molar-refractivity contribution in [1.82, 2.24) is 15.3 Å². The monoisotopic (exact) mass is 326 g/mol. The van der Waals surface area contributed by atoms with Gasteiger partial charge in [0.05, 0.1) is 5.52 Å². The van der Waals surface area contributed by atoms with Crippen molar-refractivity contribution in [3.63, 3.8) is 0 Å². The molecular weight excluding hydrogens is 308 g/mol. The first-order valence-corrected chi connectivity index (χ1v) is 8.08. The molecule has 0 aliphatic rings. The lowest BCUT2D eigenvalue weighted by atomic mass is 10.2. The molecule has 0 spiro atoms. The lowest BCUT2D eigenvalue weighted by Crippen LogP contribution is -2.17. The highest BCUT2D eigenvalue weighted by Crippen LogP contribution is 2.24. The Morgan fingerprint density at radius 1 is 1.04 bits per heavy atom. The second kappa shape index (κ2) is 7.90. The molecular formula is C18H19ClN4. The molecule has 0 aliphatic heterocycles. The van der Waals surface area contributed by atoms with E-state index in [1.807, 2.05) is 42.7 Å². The van der Waals surface area contributed by atoms with Crippen LogP contribution in [0.3, 0.4) is 0 Å². The highest BCUT2D eigenvalue weighted by molar-refractivity contribution is 6.31. The van der Waals surface area contributed by atoms with Gasteiger partial charge in [0.15, 0.2) is 0 Å². The number of benzene rings is 1. The van der Waals surface area contributed by atoms with E-state index in [1.54, 1.807) is 6.20 Å². The van der Waals surface area contributed by atoms with Gasteiger partial charge in [-0.15, -0.1) is 0 Å². The third-order valence-corrected chi connectivity index (χ3v) is 3.84. The molecule has 2 aromatic heterocycles. The highest BCUT2D eigenvalue weighted by atomic mass is 35.5. The Hall–Kier alpha value is -2.17. The van der Waals surface area contributed by atoms with Crippen LogP contribution >= 0.6 is 11.6 Å². The van der Waals surface area contributed by atoms with Gasteiger partial charge in [0, 0.05) is 47.8 Å². The fourth-order valence-corrected chi connectivity index (χ4v) is 2.61. The van der Waals surface area contributed by atoms with E-state index in [1.165, 1.54) is 5.56 Å². The van der Waals surface area contributed by atoms with Crippen LogP contribution in [0.5, 0.6) is 0 Å². The number of pyridine rings is 2. The number of nitrogens with zero attached hydrogens (tertiary/aromatic N) is 2. The molecule has 0 bridgehead atoms. The van der Waals surface area contributed by atoms with Gasteiger partial charge >= 0.3 is 0 Å². The second-order valence-electron chi connectivity index (χ2n) is 5.34. The van der Waals surface area contributed by atoms with Gasteiger partial charge in [0.1, 0.15) is 0 Å². The number of aromatic nitrogens is 2. The minimum absolute atomic E-state index is 0.710. The minimum Gasteiger partial charge on any atom is -0.384 e. The van der Waals surface area contributed by atoms with E-state index in [2.05, 4.69) is 26.7 Å². The van der Waals surface area contributed by atoms with Crippen LogP contribution in [0.25, 0.3) is 10.9 Å². The fraction of sp³-hybridized carbons (Fsp3) is 0.222. The van der Waals surface area contributed by atoms with Crippen LogP contribution in [0.2, 0.25) is 5.02 Å². The maximum Gasteiger partial charge on any atom is 0.0737 e. The van der Waals surface area contributed by atoms with Gasteiger partial charge in [-0.05, 0) is 48.9 Å². The Morgan fingerprint density at radius 3 is 2.87 bits per heavy atom. The zero-order valence-electron chi connectivity index (χ0n) is 12.8. The zero-order valence-corrected chi connectivity index (χ0v) is 13.6. The molecule has 2 heterocycles. The van der Waals surface area contributed by atoms with Gasteiger partial charge in [0.2, 0.25) is 0 Å². The Bertz CT molecular complexity index is 761. The van der Waals surface area contributed by atoms with Gasteiger partial charge in [-0.2, -0.15) is 0 Å². The van der Waals surface area contributed by atoms with Crippen molar-refractivity contribution < 1.29 is 0 Å². The topological polar surface area (TPSA) is 49.8 Å². The summed E-state index contributed by atoms with van der Waals surface area (Å²) in [7, 11) is 0. The van der Waals surface area contributed by atoms with Gasteiger partial charge in [-0.1, -0.05) is 17.7 Å². The van der Waals surface area contributed by atoms with E-state index in [4.69, 9.17) is 11.6 Å². The molecule has 0 amide bonds. The summed E-state index contributed by atoms with van der Waals surface area (Å²) in [4.78, 5) is 8.46. The standard InChI is InChI=1S/C18H19ClN4/c19-15-4-5-16-17(6-10-23-18(16)11-15)22-9-2-8-21-13-14-3-1-7-20-12-14/h1,3-7,10-12,21H,2,8-9,13H2,(H,22,23). The van der Waals surface area contributed by atoms with E-state index >= 15 is 0 Å². The van der Waals surface area contributed by atoms with Gasteiger partial charge in [-0.25, -0.2) is 0 Å². The summed E-state index contributed by atoms with van der Waals surface area (Å²) < 4.78 is 0. The molecule has 0 atom stereocenters. The second-order valence-corrected chi connectivity index (χ2v) is 5.77. The van der Waals surface area contributed by atoms with Crippen molar-refractivity contribution in [3.8, 4) is 0 Å². The molecule has 2 N–H and O–H groups in total. The van der Waals surface area contributed by atoms with E-state index in [9.17, 15) is 0 Å². The number of fused-ring (bicyclic) bond motifs is 1. The average Bonchev–Trinajstić information content (AvgIpc) is 2.58. The highest BCUT2D eigenvalue weighted by Gasteiger charge is 2.02. The van der Waals surface area contributed by atoms with Crippen LogP contribution < -0.4 is 10.6 Å². The number of halogens is 1. The van der Waals surface area contributed by atoms with E-state index in [0.717, 1.165) is 42.6 Å². The molecule has 0 fully saturated rings. The van der Waals surface area contributed by atoms with Crippen LogP contribution in [0.1, 0.15) is 12.0 Å². The SMILES string of the molecule is Clc1ccc2c(NCCCNCc3cccnc3)ccnc2c1. The summed E-state index contributed by atoms with van der Waals surface area (Å²) >= 11 is 6.01.